The van der Waals surface area contributed by atoms with Gasteiger partial charge in [0.2, 0.25) is 5.91 Å². The molecule has 2 heterocycles. The summed E-state index contributed by atoms with van der Waals surface area (Å²) in [6.45, 7) is 2.23. The number of rotatable bonds is 10. The molecular weight excluding hydrogens is 510 g/mol. The van der Waals surface area contributed by atoms with Crippen LogP contribution in [0.3, 0.4) is 0 Å². The van der Waals surface area contributed by atoms with Crippen LogP contribution in [0.2, 0.25) is 0 Å². The second kappa shape index (κ2) is 11.7. The lowest BCUT2D eigenvalue weighted by atomic mass is 9.97. The van der Waals surface area contributed by atoms with Crippen molar-refractivity contribution in [2.24, 2.45) is 0 Å². The van der Waals surface area contributed by atoms with Crippen LogP contribution in [-0.4, -0.2) is 41.0 Å². The van der Waals surface area contributed by atoms with Crippen LogP contribution in [0.15, 0.2) is 91.1 Å². The first kappa shape index (κ1) is 26.9. The maximum absolute atomic E-state index is 14.4. The highest BCUT2D eigenvalue weighted by Crippen LogP contribution is 2.43. The Kier molecular flexibility index (Phi) is 7.64. The number of ether oxygens (including phenoxy) is 1. The number of amides is 2. The smallest absolute Gasteiger partial charge is 0.254 e. The highest BCUT2D eigenvalue weighted by Gasteiger charge is 2.40. The third-order valence-electron chi connectivity index (χ3n) is 8.24. The minimum atomic E-state index is -0.336. The van der Waals surface area contributed by atoms with Gasteiger partial charge in [-0.3, -0.25) is 14.5 Å². The molecule has 0 radical (unpaired) electrons. The first-order valence-corrected chi connectivity index (χ1v) is 14.7. The van der Waals surface area contributed by atoms with Gasteiger partial charge in [-0.05, 0) is 85.3 Å². The molecule has 1 unspecified atom stereocenters. The molecule has 0 bridgehead atoms. The second-order valence-corrected chi connectivity index (χ2v) is 11.0. The van der Waals surface area contributed by atoms with E-state index in [1.807, 2.05) is 77.8 Å². The van der Waals surface area contributed by atoms with Gasteiger partial charge in [0.1, 0.15) is 18.3 Å². The SMILES string of the molecule is CCCCCc1ccc(C(=O)N(CC(=O)N2c3ccccc3-n3cccc3C2c2ccc(OC)cc2)C2CC2)cc1. The standard InChI is InChI=1S/C35H37N3O3/c1-3-4-5-9-25-13-15-27(16-14-25)35(40)37(28-19-20-28)24-33(39)38-31-11-7-6-10-30(31)36-23-8-12-32(36)34(38)26-17-21-29(41-2)22-18-26/h6-8,10-18,21-23,28,34H,3-5,9,19-20,24H2,1-2H3. The zero-order valence-corrected chi connectivity index (χ0v) is 23.8. The van der Waals surface area contributed by atoms with Crippen molar-refractivity contribution < 1.29 is 14.3 Å². The molecule has 6 nitrogen and oxygen atoms in total. The van der Waals surface area contributed by atoms with Crippen molar-refractivity contribution in [3.63, 3.8) is 0 Å². The van der Waals surface area contributed by atoms with Crippen LogP contribution >= 0.6 is 0 Å². The van der Waals surface area contributed by atoms with E-state index in [9.17, 15) is 9.59 Å². The predicted octanol–water partition coefficient (Wildman–Crippen LogP) is 6.96. The number of carbonyl (C=O) groups excluding carboxylic acids is 2. The maximum atomic E-state index is 14.4. The molecule has 1 fully saturated rings. The number of aromatic nitrogens is 1. The molecule has 0 N–H and O–H groups in total. The fourth-order valence-electron chi connectivity index (χ4n) is 5.90. The summed E-state index contributed by atoms with van der Waals surface area (Å²) in [4.78, 5) is 31.8. The molecule has 6 heteroatoms. The zero-order valence-electron chi connectivity index (χ0n) is 23.8. The number of anilines is 1. The lowest BCUT2D eigenvalue weighted by Crippen LogP contribution is -2.47. The predicted molar refractivity (Wildman–Crippen MR) is 162 cm³/mol. The number of hydrogen-bond donors (Lipinski definition) is 0. The number of unbranched alkanes of at least 4 members (excludes halogenated alkanes) is 2. The highest BCUT2D eigenvalue weighted by atomic mass is 16.5. The van der Waals surface area contributed by atoms with Crippen LogP contribution < -0.4 is 9.64 Å². The molecule has 1 saturated carbocycles. The molecule has 6 rings (SSSR count). The van der Waals surface area contributed by atoms with Gasteiger partial charge in [-0.15, -0.1) is 0 Å². The van der Waals surface area contributed by atoms with Gasteiger partial charge in [0.25, 0.3) is 5.91 Å². The van der Waals surface area contributed by atoms with Crippen molar-refractivity contribution >= 4 is 17.5 Å². The van der Waals surface area contributed by atoms with E-state index in [0.717, 1.165) is 54.1 Å². The van der Waals surface area contributed by atoms with E-state index in [2.05, 4.69) is 29.7 Å². The lowest BCUT2D eigenvalue weighted by molar-refractivity contribution is -0.119. The van der Waals surface area contributed by atoms with Crippen LogP contribution in [-0.2, 0) is 11.2 Å². The fourth-order valence-corrected chi connectivity index (χ4v) is 5.90. The summed E-state index contributed by atoms with van der Waals surface area (Å²) in [5, 5.41) is 0. The topological polar surface area (TPSA) is 54.8 Å². The molecule has 0 spiro atoms. The molecule has 0 saturated heterocycles. The maximum Gasteiger partial charge on any atom is 0.254 e. The molecule has 1 aliphatic carbocycles. The summed E-state index contributed by atoms with van der Waals surface area (Å²) in [6, 6.07) is 27.7. The van der Waals surface area contributed by atoms with Crippen LogP contribution in [0.25, 0.3) is 5.69 Å². The number of nitrogens with zero attached hydrogens (tertiary/aromatic N) is 3. The van der Waals surface area contributed by atoms with Crippen LogP contribution in [0, 0.1) is 0 Å². The third kappa shape index (κ3) is 5.39. The van der Waals surface area contributed by atoms with Gasteiger partial charge in [-0.2, -0.15) is 0 Å². The molecule has 2 amide bonds. The van der Waals surface area contributed by atoms with Gasteiger partial charge in [-0.25, -0.2) is 0 Å². The van der Waals surface area contributed by atoms with Gasteiger partial charge < -0.3 is 14.2 Å². The minimum absolute atomic E-state index is 0.0312. The average molecular weight is 548 g/mol. The zero-order chi connectivity index (χ0) is 28.3. The highest BCUT2D eigenvalue weighted by molar-refractivity contribution is 6.03. The molecule has 3 aromatic carbocycles. The van der Waals surface area contributed by atoms with Crippen LogP contribution in [0.5, 0.6) is 5.75 Å². The van der Waals surface area contributed by atoms with Crippen LogP contribution in [0.4, 0.5) is 5.69 Å². The van der Waals surface area contributed by atoms with Crippen molar-refractivity contribution in [1.29, 1.82) is 0 Å². The number of aryl methyl sites for hydroxylation is 1. The Hall–Kier alpha value is -4.32. The van der Waals surface area contributed by atoms with E-state index >= 15 is 0 Å². The van der Waals surface area contributed by atoms with E-state index in [4.69, 9.17) is 4.74 Å². The van der Waals surface area contributed by atoms with Crippen LogP contribution in [0.1, 0.15) is 72.2 Å². The third-order valence-corrected chi connectivity index (χ3v) is 8.24. The first-order valence-electron chi connectivity index (χ1n) is 14.7. The first-order chi connectivity index (χ1) is 20.1. The number of hydrogen-bond acceptors (Lipinski definition) is 3. The van der Waals surface area contributed by atoms with Gasteiger partial charge >= 0.3 is 0 Å². The summed E-state index contributed by atoms with van der Waals surface area (Å²) in [7, 11) is 1.65. The number of fused-ring (bicyclic) bond motifs is 3. The Labute approximate surface area is 242 Å². The second-order valence-electron chi connectivity index (χ2n) is 11.0. The molecular formula is C35H37N3O3. The minimum Gasteiger partial charge on any atom is -0.497 e. The molecule has 41 heavy (non-hydrogen) atoms. The van der Waals surface area contributed by atoms with Gasteiger partial charge in [0.05, 0.1) is 24.2 Å². The quantitative estimate of drug-likeness (QED) is 0.202. The van der Waals surface area contributed by atoms with Crippen molar-refractivity contribution in [2.45, 2.75) is 57.5 Å². The largest absolute Gasteiger partial charge is 0.497 e. The van der Waals surface area contributed by atoms with E-state index in [1.54, 1.807) is 12.0 Å². The lowest BCUT2D eigenvalue weighted by Gasteiger charge is -2.39. The Morgan fingerprint density at radius 3 is 2.29 bits per heavy atom. The fraction of sp³-hybridized carbons (Fsp3) is 0.314. The molecule has 4 aromatic rings. The summed E-state index contributed by atoms with van der Waals surface area (Å²) >= 11 is 0. The normalized spacial score (nSPS) is 15.7. The number of benzene rings is 3. The Bertz CT molecular complexity index is 1520. The van der Waals surface area contributed by atoms with Gasteiger partial charge in [0, 0.05) is 17.8 Å². The van der Waals surface area contributed by atoms with Crippen molar-refractivity contribution in [3.8, 4) is 11.4 Å². The Balaban J connectivity index is 1.31. The Morgan fingerprint density at radius 2 is 1.61 bits per heavy atom. The van der Waals surface area contributed by atoms with Crippen molar-refractivity contribution in [2.75, 3.05) is 18.6 Å². The van der Waals surface area contributed by atoms with Crippen molar-refractivity contribution in [3.05, 3.63) is 114 Å². The number of para-hydroxylation sites is 2. The molecule has 1 aliphatic heterocycles. The van der Waals surface area contributed by atoms with E-state index in [1.165, 1.54) is 18.4 Å². The Morgan fingerprint density at radius 1 is 0.878 bits per heavy atom. The van der Waals surface area contributed by atoms with E-state index < -0.39 is 0 Å². The average Bonchev–Trinajstić information content (AvgIpc) is 3.74. The van der Waals surface area contributed by atoms with Gasteiger partial charge in [0.15, 0.2) is 0 Å². The van der Waals surface area contributed by atoms with E-state index in [-0.39, 0.29) is 30.4 Å². The number of methoxy groups -OCH3 is 1. The number of carbonyl (C=O) groups is 2. The summed E-state index contributed by atoms with van der Waals surface area (Å²) in [5.74, 6) is 0.595. The van der Waals surface area contributed by atoms with Gasteiger partial charge in [-0.1, -0.05) is 56.2 Å². The molecule has 210 valence electrons. The molecule has 2 aliphatic rings. The van der Waals surface area contributed by atoms with E-state index in [0.29, 0.717) is 5.56 Å². The monoisotopic (exact) mass is 547 g/mol. The summed E-state index contributed by atoms with van der Waals surface area (Å²) in [6.07, 6.45) is 8.47. The summed E-state index contributed by atoms with van der Waals surface area (Å²) < 4.78 is 7.55. The molecule has 1 aromatic heterocycles. The summed E-state index contributed by atoms with van der Waals surface area (Å²) in [5.41, 5.74) is 5.67. The van der Waals surface area contributed by atoms with Crippen molar-refractivity contribution in [1.82, 2.24) is 9.47 Å². The molecule has 1 atom stereocenters.